The van der Waals surface area contributed by atoms with Gasteiger partial charge in [-0.3, -0.25) is 0 Å². The summed E-state index contributed by atoms with van der Waals surface area (Å²) in [4.78, 5) is 0. The van der Waals surface area contributed by atoms with Crippen molar-refractivity contribution < 1.29 is 16.4 Å². The molecule has 2 aromatic carbocycles. The molecule has 0 saturated carbocycles. The predicted molar refractivity (Wildman–Crippen MR) is 154 cm³/mol. The summed E-state index contributed by atoms with van der Waals surface area (Å²) in [6.45, 7) is 6.93. The van der Waals surface area contributed by atoms with Gasteiger partial charge in [-0.1, -0.05) is 0 Å². The Labute approximate surface area is 222 Å². The SMILES string of the molecule is CCC[CH](CCC1C=Cc2ccccc21)[Zr]([Cl])([Cl])([CH2]C)[CH](CCC)CCC1C=Cc2ccccc21. The number of rotatable bonds is 13. The molecular formula is C32H43Cl2Zr. The third kappa shape index (κ3) is 5.79. The fourth-order valence-corrected chi connectivity index (χ4v) is 24.7. The summed E-state index contributed by atoms with van der Waals surface area (Å²) < 4.78 is 2.01. The molecule has 0 aromatic heterocycles. The van der Waals surface area contributed by atoms with Gasteiger partial charge in [-0.2, -0.15) is 0 Å². The Bertz CT molecular complexity index is 974. The summed E-state index contributed by atoms with van der Waals surface area (Å²) in [5, 5.41) is 0. The summed E-state index contributed by atoms with van der Waals surface area (Å²) in [7, 11) is 16.0. The van der Waals surface area contributed by atoms with E-state index < -0.39 is 16.4 Å². The van der Waals surface area contributed by atoms with Crippen LogP contribution in [0.25, 0.3) is 12.2 Å². The monoisotopic (exact) mass is 587 g/mol. The average Bonchev–Trinajstić information content (AvgIpc) is 3.48. The second kappa shape index (κ2) is 11.8. The van der Waals surface area contributed by atoms with E-state index >= 15 is 0 Å². The second-order valence-corrected chi connectivity index (χ2v) is 35.1. The zero-order chi connectivity index (χ0) is 24.9. The van der Waals surface area contributed by atoms with Crippen molar-refractivity contribution in [1.82, 2.24) is 0 Å². The first-order valence-electron chi connectivity index (χ1n) is 14.0. The van der Waals surface area contributed by atoms with E-state index in [0.29, 0.717) is 19.1 Å². The van der Waals surface area contributed by atoms with Gasteiger partial charge in [-0.05, 0) is 0 Å². The van der Waals surface area contributed by atoms with Crippen LogP contribution in [0.4, 0.5) is 0 Å². The Balaban J connectivity index is 1.51. The zero-order valence-corrected chi connectivity index (χ0v) is 25.8. The van der Waals surface area contributed by atoms with Gasteiger partial charge in [0, 0.05) is 0 Å². The molecule has 0 heterocycles. The van der Waals surface area contributed by atoms with Gasteiger partial charge in [0.25, 0.3) is 0 Å². The molecule has 35 heavy (non-hydrogen) atoms. The standard InChI is InChI=1S/2C15H19.C2H5.2ClH.Zr/c2*1-2-3-4-5-8-13-11-12-14-9-6-7-10-15(13)14;1-2;;;/h2*4,6-7,9-13H,2-3,5,8H2,1H3;1H2,2H3;2*1H;/q;;;;;+2/p-2. The number of hydrogen-bond acceptors (Lipinski definition) is 0. The third-order valence-electron chi connectivity index (χ3n) is 9.08. The number of allylic oxidation sites excluding steroid dienone is 2. The van der Waals surface area contributed by atoms with E-state index in [1.807, 2.05) is 0 Å². The van der Waals surface area contributed by atoms with Crippen LogP contribution < -0.4 is 0 Å². The first-order valence-corrected chi connectivity index (χ1v) is 24.9. The molecule has 0 amide bonds. The third-order valence-corrected chi connectivity index (χ3v) is 33.9. The van der Waals surface area contributed by atoms with Gasteiger partial charge in [0.15, 0.2) is 0 Å². The van der Waals surface area contributed by atoms with Crippen molar-refractivity contribution in [1.29, 1.82) is 0 Å². The van der Waals surface area contributed by atoms with Gasteiger partial charge in [-0.25, -0.2) is 0 Å². The summed E-state index contributed by atoms with van der Waals surface area (Å²) in [5.41, 5.74) is 5.73. The van der Waals surface area contributed by atoms with Gasteiger partial charge in [0.2, 0.25) is 0 Å². The topological polar surface area (TPSA) is 0 Å². The molecule has 2 aromatic rings. The Morgan fingerprint density at radius 2 is 1.09 bits per heavy atom. The normalized spacial score (nSPS) is 21.3. The van der Waals surface area contributed by atoms with Gasteiger partial charge in [0.05, 0.1) is 0 Å². The van der Waals surface area contributed by atoms with Crippen LogP contribution in [0.15, 0.2) is 60.7 Å². The van der Waals surface area contributed by atoms with Crippen molar-refractivity contribution in [3.8, 4) is 0 Å². The van der Waals surface area contributed by atoms with E-state index in [9.17, 15) is 0 Å². The molecular weight excluding hydrogens is 546 g/mol. The fraction of sp³-hybridized carbons (Fsp3) is 0.500. The molecule has 4 atom stereocenters. The van der Waals surface area contributed by atoms with Crippen LogP contribution in [-0.4, -0.2) is 0 Å². The molecule has 2 aliphatic rings. The molecule has 0 N–H and O–H groups in total. The van der Waals surface area contributed by atoms with E-state index in [2.05, 4.69) is 93.6 Å². The van der Waals surface area contributed by atoms with Crippen molar-refractivity contribution in [2.24, 2.45) is 0 Å². The molecule has 0 bridgehead atoms. The van der Waals surface area contributed by atoms with Crippen LogP contribution in [0.3, 0.4) is 0 Å². The number of hydrogen-bond donors (Lipinski definition) is 0. The molecule has 4 rings (SSSR count). The molecule has 0 spiro atoms. The van der Waals surface area contributed by atoms with Gasteiger partial charge in [-0.15, -0.1) is 0 Å². The van der Waals surface area contributed by atoms with Crippen LogP contribution in [0.1, 0.15) is 106 Å². The molecule has 0 nitrogen and oxygen atoms in total. The summed E-state index contributed by atoms with van der Waals surface area (Å²) >= 11 is -4.08. The Kier molecular flexibility index (Phi) is 9.27. The minimum absolute atomic E-state index is 0.499. The second-order valence-electron chi connectivity index (χ2n) is 11.0. The maximum atomic E-state index is 7.98. The zero-order valence-electron chi connectivity index (χ0n) is 21.9. The maximum absolute atomic E-state index is 7.98. The van der Waals surface area contributed by atoms with Crippen LogP contribution in [-0.2, 0) is 16.4 Å². The van der Waals surface area contributed by atoms with Crippen molar-refractivity contribution in [3.63, 3.8) is 0 Å². The molecule has 2 aliphatic carbocycles. The quantitative estimate of drug-likeness (QED) is 0.218. The Morgan fingerprint density at radius 1 is 0.657 bits per heavy atom. The van der Waals surface area contributed by atoms with Crippen molar-refractivity contribution in [2.45, 2.75) is 95.4 Å². The number of halogens is 2. The van der Waals surface area contributed by atoms with Crippen molar-refractivity contribution in [3.05, 3.63) is 82.9 Å². The number of fused-ring (bicyclic) bond motifs is 2. The van der Waals surface area contributed by atoms with Crippen molar-refractivity contribution >= 4 is 29.2 Å². The average molecular weight is 590 g/mol. The Hall–Kier alpha value is -0.617. The predicted octanol–water partition coefficient (Wildman–Crippen LogP) is 11.8. The van der Waals surface area contributed by atoms with E-state index in [4.69, 9.17) is 17.0 Å². The van der Waals surface area contributed by atoms with Gasteiger partial charge >= 0.3 is 224 Å². The molecule has 3 heteroatoms. The first kappa shape index (κ1) is 27.4. The molecule has 0 radical (unpaired) electrons. The van der Waals surface area contributed by atoms with Crippen molar-refractivity contribution in [2.75, 3.05) is 0 Å². The van der Waals surface area contributed by atoms with Crippen LogP contribution in [0.2, 0.25) is 11.4 Å². The fourth-order valence-electron chi connectivity index (χ4n) is 6.99. The minimum atomic E-state index is -4.08. The molecule has 0 aliphatic heterocycles. The molecule has 189 valence electrons. The molecule has 0 saturated heterocycles. The summed E-state index contributed by atoms with van der Waals surface area (Å²) in [6.07, 6.45) is 18.8. The summed E-state index contributed by atoms with van der Waals surface area (Å²) in [6, 6.07) is 17.7. The van der Waals surface area contributed by atoms with Crippen LogP contribution in [0.5, 0.6) is 0 Å². The van der Waals surface area contributed by atoms with E-state index in [0.717, 1.165) is 17.0 Å². The van der Waals surface area contributed by atoms with E-state index in [1.54, 1.807) is 0 Å². The van der Waals surface area contributed by atoms with E-state index in [-0.39, 0.29) is 0 Å². The van der Waals surface area contributed by atoms with Gasteiger partial charge < -0.3 is 0 Å². The first-order chi connectivity index (χ1) is 16.9. The number of benzene rings is 2. The molecule has 4 unspecified atom stereocenters. The van der Waals surface area contributed by atoms with Crippen LogP contribution in [0, 0.1) is 0 Å². The van der Waals surface area contributed by atoms with Crippen LogP contribution >= 0.6 is 17.0 Å². The van der Waals surface area contributed by atoms with E-state index in [1.165, 1.54) is 60.8 Å². The summed E-state index contributed by atoms with van der Waals surface area (Å²) in [5.74, 6) is 1.03. The molecule has 0 fully saturated rings. The Morgan fingerprint density at radius 3 is 1.49 bits per heavy atom. The van der Waals surface area contributed by atoms with Gasteiger partial charge in [0.1, 0.15) is 0 Å².